The quantitative estimate of drug-likeness (QED) is 0.405. The molecule has 2 saturated carbocycles. The Morgan fingerprint density at radius 2 is 2.18 bits per heavy atom. The van der Waals surface area contributed by atoms with Crippen molar-refractivity contribution in [2.75, 3.05) is 0 Å². The van der Waals surface area contributed by atoms with Crippen molar-refractivity contribution in [2.45, 2.75) is 32.6 Å². The zero-order valence-electron chi connectivity index (χ0n) is 13.1. The molecule has 5 atom stereocenters. The van der Waals surface area contributed by atoms with Gasteiger partial charge in [0.25, 0.3) is 0 Å². The van der Waals surface area contributed by atoms with Crippen molar-refractivity contribution in [3.05, 3.63) is 47.8 Å². The van der Waals surface area contributed by atoms with Gasteiger partial charge >= 0.3 is 0 Å². The Labute approximate surface area is 132 Å². The normalized spacial score (nSPS) is 46.3. The highest BCUT2D eigenvalue weighted by molar-refractivity contribution is 6.05. The second kappa shape index (κ2) is 4.87. The minimum Gasteiger partial charge on any atom is -0.516 e. The Bertz CT molecular complexity index is 640. The van der Waals surface area contributed by atoms with Crippen LogP contribution in [-0.2, 0) is 0 Å². The summed E-state index contributed by atoms with van der Waals surface area (Å²) in [7, 11) is 0. The molecule has 4 aliphatic rings. The van der Waals surface area contributed by atoms with Crippen molar-refractivity contribution in [2.24, 2.45) is 40.0 Å². The molecule has 22 heavy (non-hydrogen) atoms. The Hall–Kier alpha value is -1.77. The summed E-state index contributed by atoms with van der Waals surface area (Å²) in [5.74, 6) is 7.89. The molecule has 0 radical (unpaired) electrons. The molecule has 0 aromatic rings. The molecule has 3 heteroatoms. The minimum atomic E-state index is 0.198. The van der Waals surface area contributed by atoms with Crippen LogP contribution < -0.4 is 5.84 Å². The number of allylic oxidation sites excluding steroid dienone is 7. The summed E-state index contributed by atoms with van der Waals surface area (Å²) in [6, 6.07) is 0. The van der Waals surface area contributed by atoms with Crippen LogP contribution in [0.2, 0.25) is 0 Å². The van der Waals surface area contributed by atoms with Gasteiger partial charge in [0.1, 0.15) is 0 Å². The van der Waals surface area contributed by atoms with Crippen LogP contribution in [0.4, 0.5) is 0 Å². The predicted octanol–water partition coefficient (Wildman–Crippen LogP) is 3.87. The lowest BCUT2D eigenvalue weighted by molar-refractivity contribution is 0.0704. The molecule has 2 fully saturated rings. The molecule has 3 N–H and O–H groups in total. The van der Waals surface area contributed by atoms with Gasteiger partial charge in [-0.3, -0.25) is 0 Å². The van der Waals surface area contributed by atoms with E-state index in [9.17, 15) is 5.11 Å². The summed E-state index contributed by atoms with van der Waals surface area (Å²) in [4.78, 5) is 0. The number of hydrazone groups is 1. The molecule has 0 heterocycles. The van der Waals surface area contributed by atoms with Crippen LogP contribution in [0, 0.1) is 29.1 Å². The molecule has 0 amide bonds. The lowest BCUT2D eigenvalue weighted by atomic mass is 9.54. The van der Waals surface area contributed by atoms with Gasteiger partial charge < -0.3 is 10.9 Å². The highest BCUT2D eigenvalue weighted by atomic mass is 16.2. The zero-order chi connectivity index (χ0) is 15.3. The van der Waals surface area contributed by atoms with Crippen LogP contribution in [0.3, 0.4) is 0 Å². The molecule has 0 saturated heterocycles. The Kier molecular flexibility index (Phi) is 3.07. The third-order valence-electron chi connectivity index (χ3n) is 6.68. The molecule has 116 valence electrons. The van der Waals surface area contributed by atoms with Gasteiger partial charge in [0, 0.05) is 5.92 Å². The number of aliphatic hydroxyl groups is 1. The van der Waals surface area contributed by atoms with Gasteiger partial charge in [-0.15, -0.1) is 0 Å². The van der Waals surface area contributed by atoms with Gasteiger partial charge in [-0.25, -0.2) is 0 Å². The highest BCUT2D eigenvalue weighted by Gasteiger charge is 2.53. The topological polar surface area (TPSA) is 58.6 Å². The van der Waals surface area contributed by atoms with E-state index in [2.05, 4.69) is 42.4 Å². The zero-order valence-corrected chi connectivity index (χ0v) is 13.1. The second-order valence-corrected chi connectivity index (χ2v) is 7.44. The predicted molar refractivity (Wildman–Crippen MR) is 89.2 cm³/mol. The molecule has 0 unspecified atom stereocenters. The first kappa shape index (κ1) is 13.9. The molecule has 4 aliphatic carbocycles. The van der Waals surface area contributed by atoms with E-state index in [1.165, 1.54) is 36.7 Å². The standard InChI is InChI=1S/C19H24N2O/c1-19-9-8-16-15-6-4-14(21-20)10-12(15)2-5-17(16)18(19)7-3-13(19)11-22/h2,4-6,10-11,15-18,22H,3,7-9,20H2,1H3/t15-,16+,17+,18-,19+/m0/s1. The molecule has 0 aromatic heterocycles. The van der Waals surface area contributed by atoms with Crippen LogP contribution in [-0.4, -0.2) is 10.8 Å². The van der Waals surface area contributed by atoms with Crippen LogP contribution in [0.25, 0.3) is 0 Å². The summed E-state index contributed by atoms with van der Waals surface area (Å²) in [5, 5.41) is 13.4. The summed E-state index contributed by atoms with van der Waals surface area (Å²) in [6.07, 6.45) is 17.3. The van der Waals surface area contributed by atoms with Crippen LogP contribution in [0.1, 0.15) is 32.6 Å². The smallest absolute Gasteiger partial charge is 0.0826 e. The average molecular weight is 296 g/mol. The first-order valence-electron chi connectivity index (χ1n) is 8.37. The highest BCUT2D eigenvalue weighted by Crippen LogP contribution is 2.61. The minimum absolute atomic E-state index is 0.198. The molecule has 4 rings (SSSR count). The number of rotatable bonds is 0. The fourth-order valence-corrected chi connectivity index (χ4v) is 5.46. The second-order valence-electron chi connectivity index (χ2n) is 7.44. The molecule has 0 aliphatic heterocycles. The third kappa shape index (κ3) is 1.77. The van der Waals surface area contributed by atoms with Crippen molar-refractivity contribution in [1.82, 2.24) is 0 Å². The van der Waals surface area contributed by atoms with Gasteiger partial charge in [0.05, 0.1) is 12.0 Å². The Morgan fingerprint density at radius 1 is 1.32 bits per heavy atom. The third-order valence-corrected chi connectivity index (χ3v) is 6.68. The molecule has 0 aromatic carbocycles. The molecular formula is C19H24N2O. The maximum absolute atomic E-state index is 9.58. The van der Waals surface area contributed by atoms with Crippen molar-refractivity contribution in [3.63, 3.8) is 0 Å². The fourth-order valence-electron chi connectivity index (χ4n) is 5.46. The van der Waals surface area contributed by atoms with E-state index in [0.29, 0.717) is 23.7 Å². The Morgan fingerprint density at radius 3 is 2.95 bits per heavy atom. The maximum Gasteiger partial charge on any atom is 0.0826 e. The van der Waals surface area contributed by atoms with E-state index < -0.39 is 0 Å². The molecule has 0 bridgehead atoms. The van der Waals surface area contributed by atoms with E-state index in [4.69, 9.17) is 5.84 Å². The van der Waals surface area contributed by atoms with Crippen molar-refractivity contribution >= 4 is 5.71 Å². The Balaban J connectivity index is 1.70. The van der Waals surface area contributed by atoms with E-state index in [-0.39, 0.29) is 5.41 Å². The first-order valence-corrected chi connectivity index (χ1v) is 8.37. The van der Waals surface area contributed by atoms with E-state index in [1.54, 1.807) is 0 Å². The van der Waals surface area contributed by atoms with Gasteiger partial charge in [-0.1, -0.05) is 25.2 Å². The summed E-state index contributed by atoms with van der Waals surface area (Å²) in [6.45, 7) is 2.36. The average Bonchev–Trinajstić information content (AvgIpc) is 2.90. The van der Waals surface area contributed by atoms with Crippen molar-refractivity contribution < 1.29 is 5.11 Å². The summed E-state index contributed by atoms with van der Waals surface area (Å²) in [5.41, 5.74) is 3.68. The lowest BCUT2D eigenvalue weighted by Crippen LogP contribution is -2.42. The number of aliphatic hydroxyl groups excluding tert-OH is 1. The lowest BCUT2D eigenvalue weighted by Gasteiger charge is -2.50. The van der Waals surface area contributed by atoms with Gasteiger partial charge in [0.15, 0.2) is 0 Å². The van der Waals surface area contributed by atoms with E-state index in [1.807, 2.05) is 0 Å². The van der Waals surface area contributed by atoms with Gasteiger partial charge in [-0.2, -0.15) is 5.10 Å². The molecule has 3 nitrogen and oxygen atoms in total. The van der Waals surface area contributed by atoms with E-state index >= 15 is 0 Å². The summed E-state index contributed by atoms with van der Waals surface area (Å²) < 4.78 is 0. The fraction of sp³-hybridized carbons (Fsp3) is 0.526. The number of fused-ring (bicyclic) bond motifs is 5. The van der Waals surface area contributed by atoms with Crippen molar-refractivity contribution in [1.29, 1.82) is 0 Å². The number of hydrogen-bond donors (Lipinski definition) is 2. The number of nitrogens with two attached hydrogens (primary N) is 1. The van der Waals surface area contributed by atoms with Crippen LogP contribution >= 0.6 is 0 Å². The monoisotopic (exact) mass is 296 g/mol. The van der Waals surface area contributed by atoms with Crippen LogP contribution in [0.5, 0.6) is 0 Å². The molecule has 0 spiro atoms. The molecular weight excluding hydrogens is 272 g/mol. The number of hydrogen-bond acceptors (Lipinski definition) is 3. The SMILES string of the molecule is C[C@]12CC[C@H]3[C@@H](C=CC4=CC(=NN)C=C[C@@H]43)[C@@H]1CCC2=CO. The van der Waals surface area contributed by atoms with Gasteiger partial charge in [-0.05, 0) is 72.2 Å². The van der Waals surface area contributed by atoms with Crippen LogP contribution in [0.15, 0.2) is 52.9 Å². The number of nitrogens with zero attached hydrogens (tertiary/aromatic N) is 1. The largest absolute Gasteiger partial charge is 0.516 e. The van der Waals surface area contributed by atoms with Crippen molar-refractivity contribution in [3.8, 4) is 0 Å². The van der Waals surface area contributed by atoms with E-state index in [0.717, 1.165) is 12.1 Å². The first-order chi connectivity index (χ1) is 10.7. The maximum atomic E-state index is 9.58. The van der Waals surface area contributed by atoms with Gasteiger partial charge in [0.2, 0.25) is 0 Å². The summed E-state index contributed by atoms with van der Waals surface area (Å²) >= 11 is 0.